The van der Waals surface area contributed by atoms with Crippen molar-refractivity contribution in [1.82, 2.24) is 5.32 Å². The van der Waals surface area contributed by atoms with Gasteiger partial charge >= 0.3 is 5.97 Å². The SMILES string of the molecule is CC1=C[C@@H](c2ccccc2OCc2ccccc2)C(C(=O)O)=C(C)N1. The summed E-state index contributed by atoms with van der Waals surface area (Å²) in [6.07, 6.45) is 1.93. The molecule has 0 unspecified atom stereocenters. The van der Waals surface area contributed by atoms with Crippen LogP contribution in [0.15, 0.2) is 77.6 Å². The molecule has 4 heteroatoms. The maximum atomic E-state index is 11.8. The molecule has 2 aromatic rings. The quantitative estimate of drug-likeness (QED) is 0.859. The molecule has 1 atom stereocenters. The summed E-state index contributed by atoms with van der Waals surface area (Å²) in [4.78, 5) is 11.8. The summed E-state index contributed by atoms with van der Waals surface area (Å²) in [6.45, 7) is 4.17. The fraction of sp³-hybridized carbons (Fsp3) is 0.190. The van der Waals surface area contributed by atoms with Crippen molar-refractivity contribution in [3.05, 3.63) is 88.8 Å². The highest BCUT2D eigenvalue weighted by Crippen LogP contribution is 2.37. The van der Waals surface area contributed by atoms with Crippen molar-refractivity contribution in [3.63, 3.8) is 0 Å². The van der Waals surface area contributed by atoms with E-state index in [-0.39, 0.29) is 5.92 Å². The lowest BCUT2D eigenvalue weighted by Crippen LogP contribution is -2.24. The van der Waals surface area contributed by atoms with Crippen molar-refractivity contribution in [1.29, 1.82) is 0 Å². The predicted octanol–water partition coefficient (Wildman–Crippen LogP) is 4.21. The first-order valence-corrected chi connectivity index (χ1v) is 8.21. The molecule has 4 nitrogen and oxygen atoms in total. The lowest BCUT2D eigenvalue weighted by atomic mass is 9.86. The molecule has 0 bridgehead atoms. The summed E-state index contributed by atoms with van der Waals surface area (Å²) in [7, 11) is 0. The van der Waals surface area contributed by atoms with Gasteiger partial charge in [0.2, 0.25) is 0 Å². The van der Waals surface area contributed by atoms with Crippen LogP contribution in [-0.4, -0.2) is 11.1 Å². The number of nitrogens with one attached hydrogen (secondary N) is 1. The van der Waals surface area contributed by atoms with Crippen molar-refractivity contribution < 1.29 is 14.6 Å². The molecule has 128 valence electrons. The Hall–Kier alpha value is -3.01. The van der Waals surface area contributed by atoms with E-state index in [4.69, 9.17) is 4.74 Å². The molecule has 0 saturated carbocycles. The number of ether oxygens (including phenoxy) is 1. The lowest BCUT2D eigenvalue weighted by molar-refractivity contribution is -0.133. The fourth-order valence-electron chi connectivity index (χ4n) is 3.11. The van der Waals surface area contributed by atoms with Crippen molar-refractivity contribution >= 4 is 5.97 Å². The van der Waals surface area contributed by atoms with Gasteiger partial charge in [0.1, 0.15) is 12.4 Å². The van der Waals surface area contributed by atoms with Crippen LogP contribution in [0.5, 0.6) is 5.75 Å². The van der Waals surface area contributed by atoms with Crippen LogP contribution in [-0.2, 0) is 11.4 Å². The number of carboxylic acid groups (broad SMARTS) is 1. The van der Waals surface area contributed by atoms with Gasteiger partial charge < -0.3 is 15.2 Å². The second-order valence-corrected chi connectivity index (χ2v) is 6.11. The summed E-state index contributed by atoms with van der Waals surface area (Å²) >= 11 is 0. The van der Waals surface area contributed by atoms with Gasteiger partial charge in [-0.25, -0.2) is 4.79 Å². The molecule has 25 heavy (non-hydrogen) atoms. The molecule has 0 aliphatic carbocycles. The Morgan fingerprint density at radius 2 is 1.76 bits per heavy atom. The molecular formula is C21H21NO3. The smallest absolute Gasteiger partial charge is 0.334 e. The number of rotatable bonds is 5. The van der Waals surface area contributed by atoms with E-state index in [1.165, 1.54) is 0 Å². The summed E-state index contributed by atoms with van der Waals surface area (Å²) in [6, 6.07) is 17.5. The van der Waals surface area contributed by atoms with Gasteiger partial charge in [-0.1, -0.05) is 54.6 Å². The largest absolute Gasteiger partial charge is 0.489 e. The highest BCUT2D eigenvalue weighted by atomic mass is 16.5. The minimum Gasteiger partial charge on any atom is -0.489 e. The second kappa shape index (κ2) is 7.26. The van der Waals surface area contributed by atoms with Crippen LogP contribution in [0.1, 0.15) is 30.9 Å². The molecule has 0 spiro atoms. The Morgan fingerprint density at radius 1 is 1.08 bits per heavy atom. The average Bonchev–Trinajstić information content (AvgIpc) is 2.60. The first-order chi connectivity index (χ1) is 12.1. The van der Waals surface area contributed by atoms with Crippen LogP contribution in [0.4, 0.5) is 0 Å². The number of benzene rings is 2. The van der Waals surface area contributed by atoms with E-state index in [0.717, 1.165) is 16.8 Å². The van der Waals surface area contributed by atoms with Gasteiger partial charge in [0.05, 0.1) is 5.57 Å². The van der Waals surface area contributed by atoms with Crippen LogP contribution in [0.3, 0.4) is 0 Å². The molecule has 0 amide bonds. The molecule has 0 saturated heterocycles. The van der Waals surface area contributed by atoms with Gasteiger partial charge in [0, 0.05) is 22.9 Å². The van der Waals surface area contributed by atoms with Gasteiger partial charge in [0.15, 0.2) is 0 Å². The zero-order chi connectivity index (χ0) is 17.8. The monoisotopic (exact) mass is 335 g/mol. The van der Waals surface area contributed by atoms with E-state index in [1.807, 2.05) is 67.6 Å². The number of allylic oxidation sites excluding steroid dienone is 3. The second-order valence-electron chi connectivity index (χ2n) is 6.11. The van der Waals surface area contributed by atoms with Crippen molar-refractivity contribution in [2.75, 3.05) is 0 Å². The van der Waals surface area contributed by atoms with E-state index >= 15 is 0 Å². The third-order valence-corrected chi connectivity index (χ3v) is 4.24. The standard InChI is InChI=1S/C21H21NO3/c1-14-12-18(20(21(23)24)15(2)22-14)17-10-6-7-11-19(17)25-13-16-8-4-3-5-9-16/h3-12,18,22H,13H2,1-2H3,(H,23,24)/t18-/m0/s1. The zero-order valence-electron chi connectivity index (χ0n) is 14.3. The molecule has 2 N–H and O–H groups in total. The van der Waals surface area contributed by atoms with E-state index in [0.29, 0.717) is 23.6 Å². The number of aliphatic carboxylic acids is 1. The Bertz CT molecular complexity index is 837. The van der Waals surface area contributed by atoms with E-state index in [2.05, 4.69) is 5.32 Å². The third kappa shape index (κ3) is 3.74. The molecule has 1 heterocycles. The molecule has 0 aromatic heterocycles. The van der Waals surface area contributed by atoms with Gasteiger partial charge in [-0.05, 0) is 25.5 Å². The van der Waals surface area contributed by atoms with Crippen LogP contribution < -0.4 is 10.1 Å². The molecule has 2 aromatic carbocycles. The minimum atomic E-state index is -0.920. The maximum absolute atomic E-state index is 11.8. The van der Waals surface area contributed by atoms with Gasteiger partial charge in [-0.3, -0.25) is 0 Å². The molecule has 0 fully saturated rings. The number of dihydropyridines is 1. The Balaban J connectivity index is 1.94. The Morgan fingerprint density at radius 3 is 2.48 bits per heavy atom. The normalized spacial score (nSPS) is 16.9. The van der Waals surface area contributed by atoms with Crippen LogP contribution in [0.25, 0.3) is 0 Å². The molecule has 0 radical (unpaired) electrons. The summed E-state index contributed by atoms with van der Waals surface area (Å²) in [5, 5.41) is 12.8. The summed E-state index contributed by atoms with van der Waals surface area (Å²) < 4.78 is 6.01. The van der Waals surface area contributed by atoms with Gasteiger partial charge in [0.25, 0.3) is 0 Å². The topological polar surface area (TPSA) is 58.6 Å². The first kappa shape index (κ1) is 16.8. The number of carbonyl (C=O) groups is 1. The number of para-hydroxylation sites is 1. The first-order valence-electron chi connectivity index (χ1n) is 8.21. The van der Waals surface area contributed by atoms with Gasteiger partial charge in [-0.2, -0.15) is 0 Å². The van der Waals surface area contributed by atoms with Crippen LogP contribution in [0, 0.1) is 0 Å². The molecule has 1 aliphatic heterocycles. The minimum absolute atomic E-state index is 0.342. The third-order valence-electron chi connectivity index (χ3n) is 4.24. The summed E-state index contributed by atoms with van der Waals surface area (Å²) in [5.41, 5.74) is 3.87. The average molecular weight is 335 g/mol. The molecular weight excluding hydrogens is 314 g/mol. The molecule has 3 rings (SSSR count). The predicted molar refractivity (Wildman–Crippen MR) is 97.2 cm³/mol. The maximum Gasteiger partial charge on any atom is 0.334 e. The Labute approximate surface area is 147 Å². The van der Waals surface area contributed by atoms with E-state index < -0.39 is 5.97 Å². The Kier molecular flexibility index (Phi) is 4.89. The zero-order valence-corrected chi connectivity index (χ0v) is 14.3. The molecule has 1 aliphatic rings. The van der Waals surface area contributed by atoms with Crippen LogP contribution in [0.2, 0.25) is 0 Å². The highest BCUT2D eigenvalue weighted by Gasteiger charge is 2.28. The fourth-order valence-corrected chi connectivity index (χ4v) is 3.11. The van der Waals surface area contributed by atoms with Crippen LogP contribution >= 0.6 is 0 Å². The van der Waals surface area contributed by atoms with E-state index in [9.17, 15) is 9.90 Å². The number of hydrogen-bond acceptors (Lipinski definition) is 3. The van der Waals surface area contributed by atoms with E-state index in [1.54, 1.807) is 6.92 Å². The van der Waals surface area contributed by atoms with Crippen molar-refractivity contribution in [3.8, 4) is 5.75 Å². The number of carboxylic acids is 1. The lowest BCUT2D eigenvalue weighted by Gasteiger charge is -2.26. The summed E-state index contributed by atoms with van der Waals surface area (Å²) in [5.74, 6) is -0.559. The van der Waals surface area contributed by atoms with Crippen molar-refractivity contribution in [2.24, 2.45) is 0 Å². The number of hydrogen-bond donors (Lipinski definition) is 2. The van der Waals surface area contributed by atoms with Gasteiger partial charge in [-0.15, -0.1) is 0 Å². The van der Waals surface area contributed by atoms with Crippen molar-refractivity contribution in [2.45, 2.75) is 26.4 Å². The highest BCUT2D eigenvalue weighted by molar-refractivity contribution is 5.90.